The van der Waals surface area contributed by atoms with Crippen LogP contribution in [0.4, 0.5) is 11.5 Å². The molecular weight excluding hydrogens is 330 g/mol. The number of nitro groups is 1. The Kier molecular flexibility index (Phi) is 5.56. The Morgan fingerprint density at radius 1 is 1.35 bits per heavy atom. The number of likely N-dealkylation sites (tertiary alicyclic amines) is 1. The van der Waals surface area contributed by atoms with Crippen molar-refractivity contribution in [3.63, 3.8) is 0 Å². The Morgan fingerprint density at radius 3 is 2.77 bits per heavy atom. The Hall–Kier alpha value is -2.41. The van der Waals surface area contributed by atoms with Crippen LogP contribution in [0.25, 0.3) is 0 Å². The molecule has 1 unspecified atom stereocenters. The maximum Gasteiger partial charge on any atom is 0.333 e. The standard InChI is InChI=1S/C19H27N5O2/c1-14-7-6-10-23(12-14)13-17-9-5-4-8-16(17)11-20-19-18(24(25)26)15(2)21-22(19)3/h4-5,8-9,14,20H,6-7,10-13H2,1-3H3. The highest BCUT2D eigenvalue weighted by Gasteiger charge is 2.24. The molecule has 0 saturated carbocycles. The van der Waals surface area contributed by atoms with Crippen LogP contribution in [0.2, 0.25) is 0 Å². The van der Waals surface area contributed by atoms with E-state index in [2.05, 4.69) is 40.4 Å². The third-order valence-corrected chi connectivity index (χ3v) is 5.07. The molecule has 1 atom stereocenters. The van der Waals surface area contributed by atoms with Gasteiger partial charge in [0.2, 0.25) is 5.82 Å². The predicted molar refractivity (Wildman–Crippen MR) is 102 cm³/mol. The Morgan fingerprint density at radius 2 is 2.08 bits per heavy atom. The molecule has 2 heterocycles. The number of benzene rings is 1. The van der Waals surface area contributed by atoms with Gasteiger partial charge in [0.05, 0.1) is 4.92 Å². The third kappa shape index (κ3) is 4.04. The monoisotopic (exact) mass is 357 g/mol. The van der Waals surface area contributed by atoms with E-state index in [0.717, 1.165) is 25.6 Å². The lowest BCUT2D eigenvalue weighted by Crippen LogP contribution is -2.34. The number of nitrogens with one attached hydrogen (secondary N) is 1. The molecule has 1 saturated heterocycles. The summed E-state index contributed by atoms with van der Waals surface area (Å²) in [4.78, 5) is 13.5. The van der Waals surface area contributed by atoms with Crippen molar-refractivity contribution in [2.45, 2.75) is 39.8 Å². The predicted octanol–water partition coefficient (Wildman–Crippen LogP) is 3.48. The van der Waals surface area contributed by atoms with E-state index < -0.39 is 0 Å². The highest BCUT2D eigenvalue weighted by Crippen LogP contribution is 2.28. The summed E-state index contributed by atoms with van der Waals surface area (Å²) in [5, 5.41) is 18.7. The third-order valence-electron chi connectivity index (χ3n) is 5.07. The summed E-state index contributed by atoms with van der Waals surface area (Å²) in [7, 11) is 1.73. The first-order valence-corrected chi connectivity index (χ1v) is 9.16. The lowest BCUT2D eigenvalue weighted by atomic mass is 9.99. The normalized spacial score (nSPS) is 18.0. The Balaban J connectivity index is 1.74. The molecule has 0 bridgehead atoms. The number of hydrogen-bond acceptors (Lipinski definition) is 5. The van der Waals surface area contributed by atoms with Crippen LogP contribution >= 0.6 is 0 Å². The molecule has 1 aliphatic heterocycles. The van der Waals surface area contributed by atoms with E-state index >= 15 is 0 Å². The van der Waals surface area contributed by atoms with Crippen molar-refractivity contribution in [3.05, 3.63) is 51.2 Å². The van der Waals surface area contributed by atoms with Crippen LogP contribution in [0.3, 0.4) is 0 Å². The number of piperidine rings is 1. The van der Waals surface area contributed by atoms with Gasteiger partial charge in [-0.15, -0.1) is 0 Å². The van der Waals surface area contributed by atoms with Gasteiger partial charge < -0.3 is 5.32 Å². The summed E-state index contributed by atoms with van der Waals surface area (Å²) in [5.41, 5.74) is 2.92. The van der Waals surface area contributed by atoms with Crippen molar-refractivity contribution in [1.29, 1.82) is 0 Å². The lowest BCUT2D eigenvalue weighted by molar-refractivity contribution is -0.384. The largest absolute Gasteiger partial charge is 0.360 e. The Labute approximate surface area is 154 Å². The van der Waals surface area contributed by atoms with E-state index in [1.54, 1.807) is 18.7 Å². The topological polar surface area (TPSA) is 76.2 Å². The van der Waals surface area contributed by atoms with E-state index in [1.165, 1.54) is 24.0 Å². The van der Waals surface area contributed by atoms with Crippen molar-refractivity contribution in [2.75, 3.05) is 18.4 Å². The molecule has 7 heteroatoms. The average molecular weight is 357 g/mol. The lowest BCUT2D eigenvalue weighted by Gasteiger charge is -2.31. The van der Waals surface area contributed by atoms with Gasteiger partial charge >= 0.3 is 5.69 Å². The highest BCUT2D eigenvalue weighted by molar-refractivity contribution is 5.59. The fourth-order valence-corrected chi connectivity index (χ4v) is 3.80. The number of anilines is 1. The summed E-state index contributed by atoms with van der Waals surface area (Å²) >= 11 is 0. The van der Waals surface area contributed by atoms with Crippen LogP contribution in [0, 0.1) is 23.0 Å². The van der Waals surface area contributed by atoms with E-state index in [0.29, 0.717) is 18.1 Å². The van der Waals surface area contributed by atoms with E-state index in [9.17, 15) is 10.1 Å². The summed E-state index contributed by atoms with van der Waals surface area (Å²) in [6, 6.07) is 8.31. The van der Waals surface area contributed by atoms with Crippen molar-refractivity contribution in [3.8, 4) is 0 Å². The number of aromatic nitrogens is 2. The zero-order chi connectivity index (χ0) is 18.7. The number of aryl methyl sites for hydroxylation is 2. The molecule has 0 aliphatic carbocycles. The van der Waals surface area contributed by atoms with Gasteiger partial charge in [0, 0.05) is 26.7 Å². The molecule has 26 heavy (non-hydrogen) atoms. The first kappa shape index (κ1) is 18.4. The molecule has 0 radical (unpaired) electrons. The van der Waals surface area contributed by atoms with E-state index in [1.807, 2.05) is 6.07 Å². The van der Waals surface area contributed by atoms with Gasteiger partial charge in [-0.2, -0.15) is 5.10 Å². The first-order valence-electron chi connectivity index (χ1n) is 9.16. The van der Waals surface area contributed by atoms with Crippen LogP contribution in [-0.4, -0.2) is 32.7 Å². The number of nitrogens with zero attached hydrogens (tertiary/aromatic N) is 4. The molecule has 1 aromatic heterocycles. The molecule has 140 valence electrons. The molecular formula is C19H27N5O2. The summed E-state index contributed by atoms with van der Waals surface area (Å²) in [5.74, 6) is 1.20. The minimum atomic E-state index is -0.369. The van der Waals surface area contributed by atoms with E-state index in [-0.39, 0.29) is 10.6 Å². The van der Waals surface area contributed by atoms with Gasteiger partial charge in [-0.05, 0) is 43.4 Å². The van der Waals surface area contributed by atoms with Gasteiger partial charge in [0.25, 0.3) is 0 Å². The van der Waals surface area contributed by atoms with Crippen LogP contribution in [0.5, 0.6) is 0 Å². The van der Waals surface area contributed by atoms with Gasteiger partial charge in [-0.3, -0.25) is 15.0 Å². The van der Waals surface area contributed by atoms with Crippen molar-refractivity contribution < 1.29 is 4.92 Å². The van der Waals surface area contributed by atoms with Gasteiger partial charge in [-0.25, -0.2) is 4.68 Å². The molecule has 0 amide bonds. The second-order valence-corrected chi connectivity index (χ2v) is 7.27. The van der Waals surface area contributed by atoms with Crippen LogP contribution in [0.15, 0.2) is 24.3 Å². The fourth-order valence-electron chi connectivity index (χ4n) is 3.80. The zero-order valence-corrected chi connectivity index (χ0v) is 15.7. The van der Waals surface area contributed by atoms with Crippen LogP contribution in [-0.2, 0) is 20.1 Å². The molecule has 3 rings (SSSR count). The fraction of sp³-hybridized carbons (Fsp3) is 0.526. The molecule has 1 fully saturated rings. The molecule has 1 N–H and O–H groups in total. The molecule has 0 spiro atoms. The van der Waals surface area contributed by atoms with Crippen molar-refractivity contribution >= 4 is 11.5 Å². The first-order chi connectivity index (χ1) is 12.5. The molecule has 2 aromatic rings. The van der Waals surface area contributed by atoms with Crippen LogP contribution in [0.1, 0.15) is 36.6 Å². The zero-order valence-electron chi connectivity index (χ0n) is 15.7. The summed E-state index contributed by atoms with van der Waals surface area (Å²) in [6.07, 6.45) is 2.56. The summed E-state index contributed by atoms with van der Waals surface area (Å²) < 4.78 is 1.54. The highest BCUT2D eigenvalue weighted by atomic mass is 16.6. The maximum absolute atomic E-state index is 11.3. The minimum Gasteiger partial charge on any atom is -0.360 e. The van der Waals surface area contributed by atoms with Crippen molar-refractivity contribution in [1.82, 2.24) is 14.7 Å². The van der Waals surface area contributed by atoms with Gasteiger partial charge in [0.15, 0.2) is 0 Å². The smallest absolute Gasteiger partial charge is 0.333 e. The van der Waals surface area contributed by atoms with E-state index in [4.69, 9.17) is 0 Å². The summed E-state index contributed by atoms with van der Waals surface area (Å²) in [6.45, 7) is 7.71. The molecule has 1 aromatic carbocycles. The second kappa shape index (κ2) is 7.86. The van der Waals surface area contributed by atoms with Crippen molar-refractivity contribution in [2.24, 2.45) is 13.0 Å². The van der Waals surface area contributed by atoms with Crippen LogP contribution < -0.4 is 5.32 Å². The Bertz CT molecular complexity index is 786. The minimum absolute atomic E-state index is 0.0508. The quantitative estimate of drug-likeness (QED) is 0.633. The van der Waals surface area contributed by atoms with Gasteiger partial charge in [-0.1, -0.05) is 31.2 Å². The SMILES string of the molecule is Cc1nn(C)c(NCc2ccccc2CN2CCCC(C)C2)c1[N+](=O)[O-]. The molecule has 7 nitrogen and oxygen atoms in total. The number of rotatable bonds is 6. The second-order valence-electron chi connectivity index (χ2n) is 7.27. The number of hydrogen-bond donors (Lipinski definition) is 1. The van der Waals surface area contributed by atoms with Gasteiger partial charge in [0.1, 0.15) is 5.69 Å². The molecule has 1 aliphatic rings. The maximum atomic E-state index is 11.3. The average Bonchev–Trinajstić information content (AvgIpc) is 2.87.